The first-order chi connectivity index (χ1) is 7.06. The van der Waals surface area contributed by atoms with Crippen LogP contribution < -0.4 is 11.1 Å². The molecule has 0 bridgehead atoms. The Balaban J connectivity index is 2.54. The highest BCUT2D eigenvalue weighted by Gasteiger charge is 2.54. The Morgan fingerprint density at radius 1 is 1.67 bits per heavy atom. The molecular weight excluding hydrogens is 194 g/mol. The van der Waals surface area contributed by atoms with Crippen LogP contribution in [-0.2, 0) is 4.79 Å². The summed E-state index contributed by atoms with van der Waals surface area (Å²) in [4.78, 5) is 11.8. The molecule has 0 aromatic heterocycles. The SMILES string of the molecule is CCCC(C)NC(=O)C1(C(N)=NO)CC1. The second kappa shape index (κ2) is 4.51. The van der Waals surface area contributed by atoms with Gasteiger partial charge < -0.3 is 16.3 Å². The molecule has 0 heterocycles. The van der Waals surface area contributed by atoms with Gasteiger partial charge in [-0.1, -0.05) is 18.5 Å². The third-order valence-corrected chi connectivity index (χ3v) is 2.88. The van der Waals surface area contributed by atoms with Crippen LogP contribution in [0.25, 0.3) is 0 Å². The van der Waals surface area contributed by atoms with Crippen LogP contribution in [0.2, 0.25) is 0 Å². The third-order valence-electron chi connectivity index (χ3n) is 2.88. The molecule has 1 unspecified atom stereocenters. The van der Waals surface area contributed by atoms with E-state index >= 15 is 0 Å². The smallest absolute Gasteiger partial charge is 0.234 e. The van der Waals surface area contributed by atoms with Gasteiger partial charge in [-0.15, -0.1) is 0 Å². The van der Waals surface area contributed by atoms with Gasteiger partial charge in [-0.2, -0.15) is 0 Å². The number of nitrogens with two attached hydrogens (primary N) is 1. The zero-order chi connectivity index (χ0) is 11.5. The largest absolute Gasteiger partial charge is 0.409 e. The van der Waals surface area contributed by atoms with Crippen LogP contribution in [0.4, 0.5) is 0 Å². The van der Waals surface area contributed by atoms with Crippen LogP contribution >= 0.6 is 0 Å². The average Bonchev–Trinajstić information content (AvgIpc) is 2.97. The Hall–Kier alpha value is -1.26. The second-order valence-electron chi connectivity index (χ2n) is 4.23. The van der Waals surface area contributed by atoms with Crippen molar-refractivity contribution in [2.75, 3.05) is 0 Å². The Bertz CT molecular complexity index is 272. The minimum absolute atomic E-state index is 0.0312. The lowest BCUT2D eigenvalue weighted by Crippen LogP contribution is -2.44. The van der Waals surface area contributed by atoms with Crippen molar-refractivity contribution in [1.29, 1.82) is 0 Å². The van der Waals surface area contributed by atoms with Crippen LogP contribution in [0.5, 0.6) is 0 Å². The molecule has 1 amide bonds. The van der Waals surface area contributed by atoms with Crippen molar-refractivity contribution in [1.82, 2.24) is 5.32 Å². The van der Waals surface area contributed by atoms with Crippen molar-refractivity contribution in [3.8, 4) is 0 Å². The van der Waals surface area contributed by atoms with Gasteiger partial charge in [0.2, 0.25) is 5.91 Å². The predicted molar refractivity (Wildman–Crippen MR) is 57.6 cm³/mol. The third kappa shape index (κ3) is 2.40. The molecule has 86 valence electrons. The van der Waals surface area contributed by atoms with E-state index in [1.165, 1.54) is 0 Å². The zero-order valence-corrected chi connectivity index (χ0v) is 9.29. The number of hydrogen-bond acceptors (Lipinski definition) is 3. The van der Waals surface area contributed by atoms with Crippen molar-refractivity contribution >= 4 is 11.7 Å². The van der Waals surface area contributed by atoms with E-state index in [0.717, 1.165) is 12.8 Å². The normalized spacial score (nSPS) is 20.8. The highest BCUT2D eigenvalue weighted by atomic mass is 16.4. The number of nitrogens with zero attached hydrogens (tertiary/aromatic N) is 1. The summed E-state index contributed by atoms with van der Waals surface area (Å²) in [6, 6.07) is 0.145. The highest BCUT2D eigenvalue weighted by Crippen LogP contribution is 2.46. The van der Waals surface area contributed by atoms with Crippen molar-refractivity contribution in [3.05, 3.63) is 0 Å². The van der Waals surface area contributed by atoms with Gasteiger partial charge in [-0.25, -0.2) is 0 Å². The number of amidine groups is 1. The minimum Gasteiger partial charge on any atom is -0.409 e. The monoisotopic (exact) mass is 213 g/mol. The van der Waals surface area contributed by atoms with E-state index < -0.39 is 5.41 Å². The summed E-state index contributed by atoms with van der Waals surface area (Å²) in [5.41, 5.74) is 4.78. The molecule has 1 fully saturated rings. The lowest BCUT2D eigenvalue weighted by atomic mass is 10.0. The van der Waals surface area contributed by atoms with E-state index in [-0.39, 0.29) is 17.8 Å². The Morgan fingerprint density at radius 2 is 2.27 bits per heavy atom. The molecule has 1 rings (SSSR count). The number of carbonyl (C=O) groups is 1. The molecule has 0 saturated heterocycles. The maximum Gasteiger partial charge on any atom is 0.234 e. The number of amides is 1. The standard InChI is InChI=1S/C10H19N3O2/c1-3-4-7(2)12-9(14)10(5-6-10)8(11)13-15/h7,15H,3-6H2,1-2H3,(H2,11,13)(H,12,14). The number of carbonyl (C=O) groups excluding carboxylic acids is 1. The summed E-state index contributed by atoms with van der Waals surface area (Å²) in [6.45, 7) is 4.03. The van der Waals surface area contributed by atoms with Gasteiger partial charge in [0.15, 0.2) is 5.84 Å². The predicted octanol–water partition coefficient (Wildman–Crippen LogP) is 0.818. The van der Waals surface area contributed by atoms with E-state index in [1.807, 2.05) is 6.92 Å². The second-order valence-corrected chi connectivity index (χ2v) is 4.23. The van der Waals surface area contributed by atoms with Crippen LogP contribution in [0.3, 0.4) is 0 Å². The molecule has 1 atom stereocenters. The molecule has 0 spiro atoms. The maximum absolute atomic E-state index is 11.8. The molecule has 4 N–H and O–H groups in total. The van der Waals surface area contributed by atoms with E-state index in [4.69, 9.17) is 10.9 Å². The van der Waals surface area contributed by atoms with E-state index in [9.17, 15) is 4.79 Å². The van der Waals surface area contributed by atoms with Crippen molar-refractivity contribution in [2.24, 2.45) is 16.3 Å². The average molecular weight is 213 g/mol. The summed E-state index contributed by atoms with van der Waals surface area (Å²) in [6.07, 6.45) is 3.32. The summed E-state index contributed by atoms with van der Waals surface area (Å²) in [5, 5.41) is 14.4. The minimum atomic E-state index is -0.725. The quantitative estimate of drug-likeness (QED) is 0.273. The molecule has 1 aliphatic carbocycles. The van der Waals surface area contributed by atoms with Crippen molar-refractivity contribution < 1.29 is 10.0 Å². The first-order valence-corrected chi connectivity index (χ1v) is 5.35. The number of hydrogen-bond donors (Lipinski definition) is 3. The van der Waals surface area contributed by atoms with E-state index in [0.29, 0.717) is 12.8 Å². The first-order valence-electron chi connectivity index (χ1n) is 5.35. The maximum atomic E-state index is 11.8. The lowest BCUT2D eigenvalue weighted by Gasteiger charge is -2.18. The molecule has 1 aliphatic rings. The Kier molecular flexibility index (Phi) is 3.55. The van der Waals surface area contributed by atoms with Gasteiger partial charge >= 0.3 is 0 Å². The molecule has 0 aromatic carbocycles. The first kappa shape index (κ1) is 11.8. The topological polar surface area (TPSA) is 87.7 Å². The fourth-order valence-corrected chi connectivity index (χ4v) is 1.69. The van der Waals surface area contributed by atoms with Gasteiger partial charge in [-0.05, 0) is 26.2 Å². The van der Waals surface area contributed by atoms with Gasteiger partial charge in [0.1, 0.15) is 5.41 Å². The van der Waals surface area contributed by atoms with Gasteiger partial charge in [-0.3, -0.25) is 4.79 Å². The zero-order valence-electron chi connectivity index (χ0n) is 9.29. The fourth-order valence-electron chi connectivity index (χ4n) is 1.69. The highest BCUT2D eigenvalue weighted by molar-refractivity contribution is 6.09. The molecule has 5 nitrogen and oxygen atoms in total. The van der Waals surface area contributed by atoms with Gasteiger partial charge in [0.25, 0.3) is 0 Å². The molecule has 0 radical (unpaired) electrons. The molecule has 1 saturated carbocycles. The van der Waals surface area contributed by atoms with Crippen LogP contribution in [0.1, 0.15) is 39.5 Å². The summed E-state index contributed by atoms with van der Waals surface area (Å²) in [5.74, 6) is -0.0811. The number of nitrogens with one attached hydrogen (secondary N) is 1. The van der Waals surface area contributed by atoms with Crippen LogP contribution in [-0.4, -0.2) is 23.0 Å². The lowest BCUT2D eigenvalue weighted by molar-refractivity contribution is -0.124. The molecular formula is C10H19N3O2. The molecule has 15 heavy (non-hydrogen) atoms. The molecule has 0 aromatic rings. The van der Waals surface area contributed by atoms with Gasteiger partial charge in [0, 0.05) is 6.04 Å². The summed E-state index contributed by atoms with van der Waals surface area (Å²) < 4.78 is 0. The summed E-state index contributed by atoms with van der Waals surface area (Å²) in [7, 11) is 0. The van der Waals surface area contributed by atoms with Crippen LogP contribution in [0.15, 0.2) is 5.16 Å². The molecule has 0 aliphatic heterocycles. The van der Waals surface area contributed by atoms with Crippen LogP contribution in [0, 0.1) is 5.41 Å². The Morgan fingerprint density at radius 3 is 2.67 bits per heavy atom. The van der Waals surface area contributed by atoms with E-state index in [2.05, 4.69) is 17.4 Å². The molecule has 5 heteroatoms. The van der Waals surface area contributed by atoms with Crippen molar-refractivity contribution in [2.45, 2.75) is 45.6 Å². The fraction of sp³-hybridized carbons (Fsp3) is 0.800. The van der Waals surface area contributed by atoms with Gasteiger partial charge in [0.05, 0.1) is 0 Å². The summed E-state index contributed by atoms with van der Waals surface area (Å²) >= 11 is 0. The number of rotatable bonds is 5. The van der Waals surface area contributed by atoms with Crippen molar-refractivity contribution in [3.63, 3.8) is 0 Å². The Labute approximate surface area is 89.7 Å². The van der Waals surface area contributed by atoms with E-state index in [1.54, 1.807) is 0 Å². The number of oxime groups is 1.